The number of fused-ring (bicyclic) bond motifs is 3. The Labute approximate surface area is 277 Å². The number of ether oxygens (including phenoxy) is 1. The molecule has 0 saturated carbocycles. The van der Waals surface area contributed by atoms with E-state index in [0.29, 0.717) is 0 Å². The van der Waals surface area contributed by atoms with E-state index in [4.69, 9.17) is 14.1 Å². The molecule has 0 saturated heterocycles. The number of anilines is 3. The molecule has 1 aliphatic rings. The summed E-state index contributed by atoms with van der Waals surface area (Å²) in [6, 6.07) is 57.1. The average Bonchev–Trinajstić information content (AvgIpc) is 3.65. The van der Waals surface area contributed by atoms with Gasteiger partial charge in [0, 0.05) is 16.8 Å². The summed E-state index contributed by atoms with van der Waals surface area (Å²) in [6.45, 7) is 0. The molecule has 0 spiro atoms. The van der Waals surface area contributed by atoms with Crippen LogP contribution < -0.4 is 9.64 Å². The molecule has 0 aliphatic carbocycles. The van der Waals surface area contributed by atoms with Crippen molar-refractivity contribution in [3.05, 3.63) is 164 Å². The standard InChI is InChI=1S/C42H27N3OS/c1-2-9-28(10-3-1)30-19-22-36(23-20-30)45-37-15-6-7-16-39(37)46-40-24-21-35(27-38(40)45)42-43-41(44-47-42)34-14-8-13-32(26-34)33-18-17-29-11-4-5-12-31(29)25-33/h1-27H. The maximum absolute atomic E-state index is 6.40. The Kier molecular flexibility index (Phi) is 6.61. The van der Waals surface area contributed by atoms with Gasteiger partial charge >= 0.3 is 0 Å². The van der Waals surface area contributed by atoms with E-state index in [0.717, 1.165) is 56.1 Å². The summed E-state index contributed by atoms with van der Waals surface area (Å²) >= 11 is 1.41. The lowest BCUT2D eigenvalue weighted by atomic mass is 9.99. The third-order valence-electron chi connectivity index (χ3n) is 8.64. The van der Waals surface area contributed by atoms with Crippen molar-refractivity contribution >= 4 is 39.4 Å². The lowest BCUT2D eigenvalue weighted by Crippen LogP contribution is -2.15. The average molecular weight is 622 g/mol. The summed E-state index contributed by atoms with van der Waals surface area (Å²) in [5, 5.41) is 3.32. The molecule has 9 rings (SSSR count). The van der Waals surface area contributed by atoms with E-state index in [1.807, 2.05) is 30.3 Å². The first-order valence-electron chi connectivity index (χ1n) is 15.6. The Morgan fingerprint density at radius 3 is 2.00 bits per heavy atom. The molecule has 5 heteroatoms. The minimum absolute atomic E-state index is 0.723. The Balaban J connectivity index is 1.06. The smallest absolute Gasteiger partial charge is 0.173 e. The zero-order valence-corrected chi connectivity index (χ0v) is 26.1. The highest BCUT2D eigenvalue weighted by Gasteiger charge is 2.26. The van der Waals surface area contributed by atoms with Gasteiger partial charge in [-0.15, -0.1) is 0 Å². The summed E-state index contributed by atoms with van der Waals surface area (Å²) in [7, 11) is 0. The third kappa shape index (κ3) is 5.03. The molecule has 0 N–H and O–H groups in total. The first kappa shape index (κ1) is 27.3. The highest BCUT2D eigenvalue weighted by Crippen LogP contribution is 2.51. The Morgan fingerprint density at radius 2 is 1.11 bits per heavy atom. The molecule has 2 heterocycles. The maximum Gasteiger partial charge on any atom is 0.173 e. The summed E-state index contributed by atoms with van der Waals surface area (Å²) < 4.78 is 11.2. The molecule has 47 heavy (non-hydrogen) atoms. The van der Waals surface area contributed by atoms with Gasteiger partial charge < -0.3 is 9.64 Å². The maximum atomic E-state index is 6.40. The van der Waals surface area contributed by atoms with Crippen LogP contribution in [0.4, 0.5) is 17.1 Å². The van der Waals surface area contributed by atoms with Crippen LogP contribution in [-0.2, 0) is 0 Å². The highest BCUT2D eigenvalue weighted by atomic mass is 32.1. The molecule has 4 nitrogen and oxygen atoms in total. The third-order valence-corrected chi connectivity index (χ3v) is 9.40. The van der Waals surface area contributed by atoms with Crippen LogP contribution >= 0.6 is 11.5 Å². The van der Waals surface area contributed by atoms with E-state index >= 15 is 0 Å². The van der Waals surface area contributed by atoms with E-state index in [-0.39, 0.29) is 0 Å². The van der Waals surface area contributed by atoms with Gasteiger partial charge in [-0.3, -0.25) is 0 Å². The van der Waals surface area contributed by atoms with Crippen LogP contribution in [-0.4, -0.2) is 9.36 Å². The molecule has 0 unspecified atom stereocenters. The molecule has 0 amide bonds. The van der Waals surface area contributed by atoms with Crippen molar-refractivity contribution in [3.8, 4) is 55.7 Å². The van der Waals surface area contributed by atoms with Gasteiger partial charge in [0.15, 0.2) is 17.3 Å². The van der Waals surface area contributed by atoms with Crippen molar-refractivity contribution in [1.29, 1.82) is 0 Å². The summed E-state index contributed by atoms with van der Waals surface area (Å²) in [6.07, 6.45) is 0. The van der Waals surface area contributed by atoms with E-state index in [1.165, 1.54) is 39.0 Å². The Morgan fingerprint density at radius 1 is 0.447 bits per heavy atom. The summed E-state index contributed by atoms with van der Waals surface area (Å²) in [5.74, 6) is 2.34. The molecule has 0 atom stereocenters. The quantitative estimate of drug-likeness (QED) is 0.192. The largest absolute Gasteiger partial charge is 0.453 e. The minimum atomic E-state index is 0.723. The zero-order chi connectivity index (χ0) is 31.2. The van der Waals surface area contributed by atoms with Gasteiger partial charge in [0.05, 0.1) is 11.4 Å². The number of benzene rings is 7. The van der Waals surface area contributed by atoms with Gasteiger partial charge in [-0.05, 0) is 99.2 Å². The van der Waals surface area contributed by atoms with Crippen molar-refractivity contribution in [2.75, 3.05) is 4.90 Å². The van der Waals surface area contributed by atoms with E-state index in [1.54, 1.807) is 0 Å². The van der Waals surface area contributed by atoms with Gasteiger partial charge in [-0.25, -0.2) is 4.98 Å². The predicted octanol–water partition coefficient (Wildman–Crippen LogP) is 11.9. The Bertz CT molecular complexity index is 2400. The lowest BCUT2D eigenvalue weighted by molar-refractivity contribution is 0.477. The van der Waals surface area contributed by atoms with Crippen molar-refractivity contribution < 1.29 is 4.74 Å². The van der Waals surface area contributed by atoms with Gasteiger partial charge in [0.2, 0.25) is 0 Å². The van der Waals surface area contributed by atoms with Crippen LogP contribution in [0.5, 0.6) is 11.5 Å². The number of hydrogen-bond donors (Lipinski definition) is 0. The van der Waals surface area contributed by atoms with E-state index in [9.17, 15) is 0 Å². The number of hydrogen-bond acceptors (Lipinski definition) is 5. The molecule has 7 aromatic carbocycles. The van der Waals surface area contributed by atoms with Crippen molar-refractivity contribution in [1.82, 2.24) is 9.36 Å². The first-order valence-corrected chi connectivity index (χ1v) is 16.3. The van der Waals surface area contributed by atoms with Gasteiger partial charge in [0.1, 0.15) is 5.01 Å². The van der Waals surface area contributed by atoms with Crippen molar-refractivity contribution in [3.63, 3.8) is 0 Å². The lowest BCUT2D eigenvalue weighted by Gasteiger charge is -2.33. The highest BCUT2D eigenvalue weighted by molar-refractivity contribution is 7.09. The Hall–Kier alpha value is -6.04. The number of aromatic nitrogens is 2. The van der Waals surface area contributed by atoms with Crippen LogP contribution in [0.3, 0.4) is 0 Å². The normalized spacial score (nSPS) is 12.0. The molecule has 0 bridgehead atoms. The van der Waals surface area contributed by atoms with Crippen LogP contribution in [0, 0.1) is 0 Å². The second-order valence-electron chi connectivity index (χ2n) is 11.6. The van der Waals surface area contributed by atoms with Crippen molar-refractivity contribution in [2.45, 2.75) is 0 Å². The fourth-order valence-electron chi connectivity index (χ4n) is 6.26. The van der Waals surface area contributed by atoms with Gasteiger partial charge in [0.25, 0.3) is 0 Å². The number of nitrogens with zero attached hydrogens (tertiary/aromatic N) is 3. The first-order chi connectivity index (χ1) is 23.3. The van der Waals surface area contributed by atoms with Crippen molar-refractivity contribution in [2.24, 2.45) is 0 Å². The number of rotatable bonds is 5. The second kappa shape index (κ2) is 11.4. The fourth-order valence-corrected chi connectivity index (χ4v) is 6.94. The summed E-state index contributed by atoms with van der Waals surface area (Å²) in [4.78, 5) is 7.29. The fraction of sp³-hybridized carbons (Fsp3) is 0. The van der Waals surface area contributed by atoms with Crippen LogP contribution in [0.1, 0.15) is 0 Å². The predicted molar refractivity (Wildman–Crippen MR) is 194 cm³/mol. The molecular formula is C42H27N3OS. The van der Waals surface area contributed by atoms with Crippen LogP contribution in [0.25, 0.3) is 55.0 Å². The van der Waals surface area contributed by atoms with Crippen LogP contribution in [0.2, 0.25) is 0 Å². The molecular weight excluding hydrogens is 595 g/mol. The molecule has 222 valence electrons. The zero-order valence-electron chi connectivity index (χ0n) is 25.2. The van der Waals surface area contributed by atoms with E-state index in [2.05, 4.69) is 138 Å². The molecule has 1 aromatic heterocycles. The van der Waals surface area contributed by atoms with Crippen LogP contribution in [0.15, 0.2) is 164 Å². The summed E-state index contributed by atoms with van der Waals surface area (Å²) in [5.41, 5.74) is 9.69. The number of para-hydroxylation sites is 2. The van der Waals surface area contributed by atoms with Gasteiger partial charge in [-0.2, -0.15) is 4.37 Å². The van der Waals surface area contributed by atoms with E-state index < -0.39 is 0 Å². The minimum Gasteiger partial charge on any atom is -0.453 e. The molecule has 1 aliphatic heterocycles. The molecule has 8 aromatic rings. The van der Waals surface area contributed by atoms with Gasteiger partial charge in [-0.1, -0.05) is 109 Å². The molecule has 0 fully saturated rings. The molecule has 0 radical (unpaired) electrons. The topological polar surface area (TPSA) is 38.2 Å². The second-order valence-corrected chi connectivity index (χ2v) is 12.3. The monoisotopic (exact) mass is 621 g/mol. The SMILES string of the molecule is c1ccc(-c2ccc(N3c4ccccc4Oc4ccc(-c5nc(-c6cccc(-c7ccc8ccccc8c7)c6)ns5)cc43)cc2)cc1.